The van der Waals surface area contributed by atoms with Crippen LogP contribution in [-0.4, -0.2) is 5.16 Å². The van der Waals surface area contributed by atoms with Crippen molar-refractivity contribution in [2.75, 3.05) is 0 Å². The molecule has 0 saturated heterocycles. The van der Waals surface area contributed by atoms with E-state index in [-0.39, 0.29) is 0 Å². The average Bonchev–Trinajstić information content (AvgIpc) is 1.74. The zero-order valence-electron chi connectivity index (χ0n) is 3.07. The van der Waals surface area contributed by atoms with Gasteiger partial charge in [0.2, 0.25) is 0 Å². The van der Waals surface area contributed by atoms with E-state index in [0.29, 0.717) is 0 Å². The SMILES string of the molecule is PC12CC1C2. The molecule has 2 fully saturated rings. The van der Waals surface area contributed by atoms with Crippen LogP contribution >= 0.6 is 9.24 Å². The predicted octanol–water partition coefficient (Wildman–Crippen LogP) is 1.02. The maximum absolute atomic E-state index is 2.90. The molecule has 1 atom stereocenters. The maximum Gasteiger partial charge on any atom is -0.0115 e. The highest BCUT2D eigenvalue weighted by Gasteiger charge is 2.65. The van der Waals surface area contributed by atoms with Crippen molar-refractivity contribution in [1.29, 1.82) is 0 Å². The molecular weight excluding hydrogens is 79.0 g/mol. The van der Waals surface area contributed by atoms with Crippen LogP contribution in [0.3, 0.4) is 0 Å². The Morgan fingerprint density at radius 3 is 1.80 bits per heavy atom. The first-order valence-corrected chi connectivity index (χ1v) is 2.68. The fourth-order valence-electron chi connectivity index (χ4n) is 0.740. The van der Waals surface area contributed by atoms with E-state index < -0.39 is 0 Å². The van der Waals surface area contributed by atoms with Crippen molar-refractivity contribution in [1.82, 2.24) is 0 Å². The van der Waals surface area contributed by atoms with Gasteiger partial charge in [-0.3, -0.25) is 0 Å². The van der Waals surface area contributed by atoms with Crippen LogP contribution in [0.15, 0.2) is 0 Å². The van der Waals surface area contributed by atoms with Gasteiger partial charge in [-0.05, 0) is 23.9 Å². The summed E-state index contributed by atoms with van der Waals surface area (Å²) in [7, 11) is 2.90. The molecule has 2 aliphatic rings. The van der Waals surface area contributed by atoms with Crippen LogP contribution in [0.4, 0.5) is 0 Å². The van der Waals surface area contributed by atoms with Crippen molar-refractivity contribution in [3.8, 4) is 0 Å². The van der Waals surface area contributed by atoms with Crippen LogP contribution in [0.25, 0.3) is 0 Å². The van der Waals surface area contributed by atoms with E-state index in [1.807, 2.05) is 0 Å². The van der Waals surface area contributed by atoms with Gasteiger partial charge in [-0.2, -0.15) is 0 Å². The molecule has 0 aromatic rings. The van der Waals surface area contributed by atoms with Crippen molar-refractivity contribution >= 4 is 9.24 Å². The third-order valence-corrected chi connectivity index (χ3v) is 2.69. The Morgan fingerprint density at radius 1 is 1.60 bits per heavy atom. The van der Waals surface area contributed by atoms with Gasteiger partial charge in [0.05, 0.1) is 0 Å². The van der Waals surface area contributed by atoms with Crippen LogP contribution in [0, 0.1) is 5.92 Å². The minimum absolute atomic E-state index is 0.833. The second kappa shape index (κ2) is 0.399. The van der Waals surface area contributed by atoms with Crippen molar-refractivity contribution in [2.24, 2.45) is 5.92 Å². The normalized spacial score (nSPS) is 70.2. The fourth-order valence-corrected chi connectivity index (χ4v) is 1.31. The molecule has 0 heterocycles. The second-order valence-corrected chi connectivity index (χ2v) is 3.49. The summed E-state index contributed by atoms with van der Waals surface area (Å²) in [6.45, 7) is 0. The molecule has 0 nitrogen and oxygen atoms in total. The first kappa shape index (κ1) is 2.58. The molecule has 0 amide bonds. The third kappa shape index (κ3) is 0.169. The van der Waals surface area contributed by atoms with Crippen LogP contribution in [0.5, 0.6) is 0 Å². The van der Waals surface area contributed by atoms with E-state index in [9.17, 15) is 0 Å². The Balaban J connectivity index is 2.37. The Morgan fingerprint density at radius 2 is 1.80 bits per heavy atom. The fraction of sp³-hybridized carbons (Fsp3) is 1.00. The van der Waals surface area contributed by atoms with Crippen molar-refractivity contribution in [2.45, 2.75) is 18.0 Å². The van der Waals surface area contributed by atoms with E-state index >= 15 is 0 Å². The van der Waals surface area contributed by atoms with E-state index in [2.05, 4.69) is 9.24 Å². The summed E-state index contributed by atoms with van der Waals surface area (Å²) in [5.41, 5.74) is 0. The highest BCUT2D eigenvalue weighted by molar-refractivity contribution is 7.20. The van der Waals surface area contributed by atoms with Crippen LogP contribution in [-0.2, 0) is 0 Å². The largest absolute Gasteiger partial charge is 0.131 e. The molecule has 2 aliphatic carbocycles. The molecule has 2 rings (SSSR count). The van der Waals surface area contributed by atoms with Gasteiger partial charge in [0, 0.05) is 0 Å². The molecular formula is C4H7P. The van der Waals surface area contributed by atoms with Gasteiger partial charge in [0.1, 0.15) is 0 Å². The predicted molar refractivity (Wildman–Crippen MR) is 25.2 cm³/mol. The Bertz CT molecular complexity index is 71.7. The highest BCUT2D eigenvalue weighted by atomic mass is 31.0. The molecule has 0 spiro atoms. The van der Waals surface area contributed by atoms with Gasteiger partial charge in [0.15, 0.2) is 0 Å². The lowest BCUT2D eigenvalue weighted by Gasteiger charge is -1.79. The van der Waals surface area contributed by atoms with Crippen molar-refractivity contribution in [3.05, 3.63) is 0 Å². The average molecular weight is 86.1 g/mol. The lowest BCUT2D eigenvalue weighted by atomic mass is 10.4. The Labute approximate surface area is 34.2 Å². The summed E-state index contributed by atoms with van der Waals surface area (Å²) in [5, 5.41) is 0.833. The first-order chi connectivity index (χ1) is 2.31. The second-order valence-electron chi connectivity index (χ2n) is 2.34. The molecule has 0 radical (unpaired) electrons. The standard InChI is InChI=1S/C4H7P/c5-4-1-3(4)2-4/h3H,1-2,5H2. The van der Waals surface area contributed by atoms with E-state index in [1.54, 1.807) is 0 Å². The molecule has 0 N–H and O–H groups in total. The monoisotopic (exact) mass is 86.0 g/mol. The minimum Gasteiger partial charge on any atom is -0.131 e. The quantitative estimate of drug-likeness (QED) is 0.386. The third-order valence-electron chi connectivity index (χ3n) is 1.75. The Kier molecular flexibility index (Phi) is 0.206. The van der Waals surface area contributed by atoms with Gasteiger partial charge in [-0.1, -0.05) is 0 Å². The number of fused-ring (bicyclic) bond motifs is 1. The van der Waals surface area contributed by atoms with Crippen LogP contribution in [0.1, 0.15) is 12.8 Å². The Hall–Kier alpha value is 0.430. The molecule has 0 aromatic carbocycles. The molecule has 0 aliphatic heterocycles. The smallest absolute Gasteiger partial charge is 0.0115 e. The zero-order valence-corrected chi connectivity index (χ0v) is 4.22. The van der Waals surface area contributed by atoms with E-state index in [4.69, 9.17) is 0 Å². The van der Waals surface area contributed by atoms with Crippen molar-refractivity contribution < 1.29 is 0 Å². The van der Waals surface area contributed by atoms with Gasteiger partial charge < -0.3 is 0 Å². The summed E-state index contributed by atoms with van der Waals surface area (Å²) in [6.07, 6.45) is 3.02. The van der Waals surface area contributed by atoms with Gasteiger partial charge in [-0.25, -0.2) is 0 Å². The molecule has 28 valence electrons. The maximum atomic E-state index is 2.90. The van der Waals surface area contributed by atoms with Gasteiger partial charge >= 0.3 is 0 Å². The summed E-state index contributed by atoms with van der Waals surface area (Å²) >= 11 is 0. The lowest BCUT2D eigenvalue weighted by Crippen LogP contribution is -1.69. The summed E-state index contributed by atoms with van der Waals surface area (Å²) in [6, 6.07) is 0. The van der Waals surface area contributed by atoms with Gasteiger partial charge in [-0.15, -0.1) is 9.24 Å². The van der Waals surface area contributed by atoms with E-state index in [1.165, 1.54) is 12.8 Å². The van der Waals surface area contributed by atoms with Crippen LogP contribution in [0.2, 0.25) is 0 Å². The molecule has 0 bridgehead atoms. The van der Waals surface area contributed by atoms with Crippen LogP contribution < -0.4 is 0 Å². The summed E-state index contributed by atoms with van der Waals surface area (Å²) in [5.74, 6) is 1.16. The first-order valence-electron chi connectivity index (χ1n) is 2.10. The lowest BCUT2D eigenvalue weighted by molar-refractivity contribution is 0.938. The number of hydrogen-bond acceptors (Lipinski definition) is 0. The highest BCUT2D eigenvalue weighted by Crippen LogP contribution is 2.73. The van der Waals surface area contributed by atoms with Gasteiger partial charge in [0.25, 0.3) is 0 Å². The van der Waals surface area contributed by atoms with Crippen molar-refractivity contribution in [3.63, 3.8) is 0 Å². The number of rotatable bonds is 0. The molecule has 1 heteroatoms. The minimum atomic E-state index is 0.833. The summed E-state index contributed by atoms with van der Waals surface area (Å²) in [4.78, 5) is 0. The van der Waals surface area contributed by atoms with E-state index in [0.717, 1.165) is 11.1 Å². The molecule has 2 saturated carbocycles. The topological polar surface area (TPSA) is 0 Å². The zero-order chi connectivity index (χ0) is 3.49. The molecule has 5 heavy (non-hydrogen) atoms. The molecule has 1 unspecified atom stereocenters. The molecule has 0 aromatic heterocycles. The summed E-state index contributed by atoms with van der Waals surface area (Å²) < 4.78 is 0. The number of hydrogen-bond donors (Lipinski definition) is 0.